The summed E-state index contributed by atoms with van der Waals surface area (Å²) in [5.41, 5.74) is 5.26. The second-order valence-electron chi connectivity index (χ2n) is 6.28. The number of fused-ring (bicyclic) bond motifs is 3. The number of hydrogen-bond donors (Lipinski definition) is 0. The van der Waals surface area contributed by atoms with Crippen molar-refractivity contribution in [3.8, 4) is 0 Å². The third kappa shape index (κ3) is 2.92. The fourth-order valence-electron chi connectivity index (χ4n) is 3.05. The second kappa shape index (κ2) is 6.70. The maximum absolute atomic E-state index is 6.32. The molecule has 0 saturated heterocycles. The van der Waals surface area contributed by atoms with Gasteiger partial charge in [0.05, 0.1) is 0 Å². The molecule has 0 N–H and O–H groups in total. The first-order chi connectivity index (χ1) is 11.5. The van der Waals surface area contributed by atoms with E-state index in [0.29, 0.717) is 11.0 Å². The van der Waals surface area contributed by atoms with Gasteiger partial charge in [-0.1, -0.05) is 74.5 Å². The van der Waals surface area contributed by atoms with Gasteiger partial charge in [-0.05, 0) is 36.1 Å². The molecule has 0 aliphatic rings. The molecule has 1 nitrogen and oxygen atoms in total. The number of para-hydroxylation sites is 2. The molecule has 0 radical (unpaired) electrons. The lowest BCUT2D eigenvalue weighted by atomic mass is 9.99. The van der Waals surface area contributed by atoms with E-state index in [1.165, 1.54) is 10.9 Å². The summed E-state index contributed by atoms with van der Waals surface area (Å²) in [5.74, 6) is 0.416. The number of rotatable bonds is 4. The number of halogens is 1. The van der Waals surface area contributed by atoms with Crippen LogP contribution in [0.15, 0.2) is 70.7 Å². The molecule has 1 heterocycles. The van der Waals surface area contributed by atoms with E-state index < -0.39 is 0 Å². The molecule has 3 rings (SSSR count). The molecular formula is C22H21ClO. The first kappa shape index (κ1) is 16.6. The third-order valence-electron chi connectivity index (χ3n) is 4.23. The van der Waals surface area contributed by atoms with Gasteiger partial charge in [0.1, 0.15) is 11.2 Å². The predicted molar refractivity (Wildman–Crippen MR) is 106 cm³/mol. The minimum Gasteiger partial charge on any atom is -0.455 e. The lowest BCUT2D eigenvalue weighted by Crippen LogP contribution is -1.86. The van der Waals surface area contributed by atoms with Gasteiger partial charge in [0.15, 0.2) is 0 Å². The van der Waals surface area contributed by atoms with Gasteiger partial charge in [0.2, 0.25) is 0 Å². The van der Waals surface area contributed by atoms with E-state index in [2.05, 4.69) is 56.8 Å². The summed E-state index contributed by atoms with van der Waals surface area (Å²) in [5, 5.41) is 2.96. The quantitative estimate of drug-likeness (QED) is 0.452. The minimum absolute atomic E-state index is 0.416. The molecule has 0 aliphatic carbocycles. The predicted octanol–water partition coefficient (Wildman–Crippen LogP) is 7.42. The molecule has 24 heavy (non-hydrogen) atoms. The Morgan fingerprint density at radius 3 is 2.42 bits per heavy atom. The van der Waals surface area contributed by atoms with Gasteiger partial charge in [-0.3, -0.25) is 0 Å². The van der Waals surface area contributed by atoms with Gasteiger partial charge in [0.25, 0.3) is 0 Å². The van der Waals surface area contributed by atoms with Crippen molar-refractivity contribution in [1.82, 2.24) is 0 Å². The summed E-state index contributed by atoms with van der Waals surface area (Å²) >= 11 is 6.21. The standard InChI is InChI=1S/C22H21ClO/c1-5-8-16(23)13-15(4)18-10-7-12-20-19-11-6-9-17(14(2)3)21(19)24-22(18)20/h5-14H,1H2,2-4H3/b15-13+,16-8+. The Hall–Kier alpha value is -2.25. The van der Waals surface area contributed by atoms with Crippen LogP contribution in [0.2, 0.25) is 0 Å². The lowest BCUT2D eigenvalue weighted by molar-refractivity contribution is 0.656. The second-order valence-corrected chi connectivity index (χ2v) is 6.71. The highest BCUT2D eigenvalue weighted by Crippen LogP contribution is 2.37. The first-order valence-corrected chi connectivity index (χ1v) is 8.51. The average Bonchev–Trinajstić information content (AvgIpc) is 2.93. The fourth-order valence-corrected chi connectivity index (χ4v) is 3.31. The van der Waals surface area contributed by atoms with Crippen LogP contribution in [0.5, 0.6) is 0 Å². The highest BCUT2D eigenvalue weighted by atomic mass is 35.5. The summed E-state index contributed by atoms with van der Waals surface area (Å²) in [6.45, 7) is 10.1. The van der Waals surface area contributed by atoms with E-state index >= 15 is 0 Å². The largest absolute Gasteiger partial charge is 0.455 e. The minimum atomic E-state index is 0.416. The van der Waals surface area contributed by atoms with Crippen LogP contribution in [-0.4, -0.2) is 0 Å². The van der Waals surface area contributed by atoms with Crippen molar-refractivity contribution < 1.29 is 4.42 Å². The van der Waals surface area contributed by atoms with E-state index in [1.54, 1.807) is 12.2 Å². The molecule has 0 saturated carbocycles. The van der Waals surface area contributed by atoms with Crippen LogP contribution in [0.25, 0.3) is 27.5 Å². The van der Waals surface area contributed by atoms with Crippen LogP contribution in [-0.2, 0) is 0 Å². The lowest BCUT2D eigenvalue weighted by Gasteiger charge is -2.04. The maximum atomic E-state index is 6.32. The molecule has 0 unspecified atom stereocenters. The highest BCUT2D eigenvalue weighted by molar-refractivity contribution is 6.31. The van der Waals surface area contributed by atoms with Gasteiger partial charge in [-0.25, -0.2) is 0 Å². The molecular weight excluding hydrogens is 316 g/mol. The first-order valence-electron chi connectivity index (χ1n) is 8.14. The van der Waals surface area contributed by atoms with Crippen LogP contribution < -0.4 is 0 Å². The van der Waals surface area contributed by atoms with Crippen molar-refractivity contribution >= 4 is 39.1 Å². The van der Waals surface area contributed by atoms with Crippen LogP contribution in [0, 0.1) is 0 Å². The number of allylic oxidation sites excluding steroid dienone is 5. The summed E-state index contributed by atoms with van der Waals surface area (Å²) in [7, 11) is 0. The molecule has 122 valence electrons. The monoisotopic (exact) mass is 336 g/mol. The molecule has 0 atom stereocenters. The van der Waals surface area contributed by atoms with Gasteiger partial charge in [0, 0.05) is 21.4 Å². The molecule has 0 fully saturated rings. The molecule has 0 amide bonds. The Balaban J connectivity index is 2.28. The topological polar surface area (TPSA) is 13.1 Å². The number of furan rings is 1. The molecule has 2 heteroatoms. The Morgan fingerprint density at radius 2 is 1.75 bits per heavy atom. The Bertz CT molecular complexity index is 970. The van der Waals surface area contributed by atoms with Gasteiger partial charge in [-0.2, -0.15) is 0 Å². The smallest absolute Gasteiger partial charge is 0.142 e. The Morgan fingerprint density at radius 1 is 1.08 bits per heavy atom. The highest BCUT2D eigenvalue weighted by Gasteiger charge is 2.15. The van der Waals surface area contributed by atoms with Crippen molar-refractivity contribution in [2.45, 2.75) is 26.7 Å². The third-order valence-corrected chi connectivity index (χ3v) is 4.47. The van der Waals surface area contributed by atoms with Gasteiger partial charge >= 0.3 is 0 Å². The van der Waals surface area contributed by atoms with Crippen LogP contribution in [0.3, 0.4) is 0 Å². The van der Waals surface area contributed by atoms with Crippen molar-refractivity contribution in [3.63, 3.8) is 0 Å². The fraction of sp³-hybridized carbons (Fsp3) is 0.182. The Labute approximate surface area is 147 Å². The summed E-state index contributed by atoms with van der Waals surface area (Å²) in [6.07, 6.45) is 5.40. The molecule has 1 aromatic heterocycles. The van der Waals surface area contributed by atoms with E-state index in [4.69, 9.17) is 16.0 Å². The van der Waals surface area contributed by atoms with Gasteiger partial charge in [-0.15, -0.1) is 0 Å². The SMILES string of the molecule is C=C/C=C(Cl)\C=C(/C)c1cccc2c1oc1c(C(C)C)cccc12. The van der Waals surface area contributed by atoms with Crippen molar-refractivity contribution in [2.24, 2.45) is 0 Å². The van der Waals surface area contributed by atoms with E-state index in [1.807, 2.05) is 13.0 Å². The molecule has 3 aromatic rings. The zero-order valence-corrected chi connectivity index (χ0v) is 15.0. The summed E-state index contributed by atoms with van der Waals surface area (Å²) < 4.78 is 6.32. The molecule has 0 bridgehead atoms. The van der Waals surface area contributed by atoms with E-state index in [0.717, 1.165) is 27.7 Å². The van der Waals surface area contributed by atoms with E-state index in [-0.39, 0.29) is 0 Å². The zero-order chi connectivity index (χ0) is 17.3. The molecule has 0 spiro atoms. The van der Waals surface area contributed by atoms with Crippen LogP contribution >= 0.6 is 11.6 Å². The summed E-state index contributed by atoms with van der Waals surface area (Å²) in [6, 6.07) is 12.6. The van der Waals surface area contributed by atoms with Crippen molar-refractivity contribution in [3.05, 3.63) is 77.4 Å². The number of benzene rings is 2. The van der Waals surface area contributed by atoms with Crippen LogP contribution in [0.4, 0.5) is 0 Å². The molecule has 2 aromatic carbocycles. The van der Waals surface area contributed by atoms with Crippen LogP contribution in [0.1, 0.15) is 37.8 Å². The van der Waals surface area contributed by atoms with Crippen molar-refractivity contribution in [2.75, 3.05) is 0 Å². The van der Waals surface area contributed by atoms with Crippen molar-refractivity contribution in [1.29, 1.82) is 0 Å². The van der Waals surface area contributed by atoms with Gasteiger partial charge < -0.3 is 4.42 Å². The average molecular weight is 337 g/mol. The normalized spacial score (nSPS) is 13.2. The maximum Gasteiger partial charge on any atom is 0.142 e. The number of hydrogen-bond acceptors (Lipinski definition) is 1. The summed E-state index contributed by atoms with van der Waals surface area (Å²) in [4.78, 5) is 0. The molecule has 0 aliphatic heterocycles. The Kier molecular flexibility index (Phi) is 4.64. The zero-order valence-electron chi connectivity index (χ0n) is 14.3. The van der Waals surface area contributed by atoms with E-state index in [9.17, 15) is 0 Å².